The zero-order valence-electron chi connectivity index (χ0n) is 17.9. The summed E-state index contributed by atoms with van der Waals surface area (Å²) in [5.74, 6) is 0.416. The molecule has 7 heteroatoms. The Balaban J connectivity index is 2.04. The lowest BCUT2D eigenvalue weighted by molar-refractivity contribution is 0.0946. The molecule has 0 radical (unpaired) electrons. The van der Waals surface area contributed by atoms with Crippen LogP contribution in [0.25, 0.3) is 0 Å². The van der Waals surface area contributed by atoms with Crippen LogP contribution in [0.4, 0.5) is 5.69 Å². The molecule has 0 aromatic heterocycles. The topological polar surface area (TPSA) is 66.5 Å². The van der Waals surface area contributed by atoms with Gasteiger partial charge in [0.25, 0.3) is 5.91 Å². The number of carbonyl (C=O) groups excluding carboxylic acids is 1. The average molecular weight is 542 g/mol. The van der Waals surface area contributed by atoms with E-state index in [1.54, 1.807) is 24.3 Å². The first-order valence-corrected chi connectivity index (χ1v) is 13.3. The largest absolute Gasteiger partial charge is 0.352 e. The third-order valence-corrected chi connectivity index (χ3v) is 7.01. The van der Waals surface area contributed by atoms with E-state index >= 15 is 0 Å². The van der Waals surface area contributed by atoms with Gasteiger partial charge < -0.3 is 5.32 Å². The van der Waals surface area contributed by atoms with Crippen LogP contribution >= 0.6 is 22.6 Å². The molecular formula is C23H31IN2O3S. The van der Waals surface area contributed by atoms with Gasteiger partial charge in [0.05, 0.1) is 18.5 Å². The van der Waals surface area contributed by atoms with Gasteiger partial charge in [-0.15, -0.1) is 0 Å². The summed E-state index contributed by atoms with van der Waals surface area (Å²) in [6, 6.07) is 14.5. The zero-order valence-corrected chi connectivity index (χ0v) is 20.9. The number of halogens is 1. The predicted molar refractivity (Wildman–Crippen MR) is 132 cm³/mol. The third kappa shape index (κ3) is 7.58. The Morgan fingerprint density at radius 1 is 1.07 bits per heavy atom. The van der Waals surface area contributed by atoms with Crippen LogP contribution in [0.5, 0.6) is 0 Å². The third-order valence-electron chi connectivity index (χ3n) is 5.15. The maximum atomic E-state index is 12.5. The number of rotatable bonds is 11. The molecule has 1 atom stereocenters. The van der Waals surface area contributed by atoms with Crippen LogP contribution in [0, 0.1) is 9.49 Å². The van der Waals surface area contributed by atoms with Crippen molar-refractivity contribution < 1.29 is 13.2 Å². The Morgan fingerprint density at radius 2 is 1.70 bits per heavy atom. The first kappa shape index (κ1) is 24.7. The number of unbranched alkanes of at least 4 members (excludes halogenated alkanes) is 1. The van der Waals surface area contributed by atoms with Crippen molar-refractivity contribution >= 4 is 44.2 Å². The normalized spacial score (nSPS) is 12.4. The standard InChI is InChI=1S/C23H31IN2O3S/c1-4-6-7-18(5-2)16-25-23(27)20-10-8-19(9-11-20)17-26(30(3,28)29)22-14-12-21(24)13-15-22/h8-15,18H,4-7,16-17H2,1-3H3,(H,25,27)/t18-/m1/s1. The van der Waals surface area contributed by atoms with Crippen molar-refractivity contribution in [3.05, 3.63) is 63.2 Å². The summed E-state index contributed by atoms with van der Waals surface area (Å²) in [6.45, 7) is 5.24. The van der Waals surface area contributed by atoms with Crippen molar-refractivity contribution in [3.63, 3.8) is 0 Å². The summed E-state index contributed by atoms with van der Waals surface area (Å²) in [7, 11) is -3.43. The molecule has 2 aromatic carbocycles. The quantitative estimate of drug-likeness (QED) is 0.397. The van der Waals surface area contributed by atoms with Crippen LogP contribution in [-0.4, -0.2) is 27.1 Å². The van der Waals surface area contributed by atoms with Gasteiger partial charge in [0.2, 0.25) is 10.0 Å². The summed E-state index contributed by atoms with van der Waals surface area (Å²) in [5.41, 5.74) is 2.03. The van der Waals surface area contributed by atoms with E-state index in [-0.39, 0.29) is 12.5 Å². The number of carbonyl (C=O) groups is 1. The highest BCUT2D eigenvalue weighted by atomic mass is 127. The molecule has 1 amide bonds. The van der Waals surface area contributed by atoms with Crippen LogP contribution in [0.2, 0.25) is 0 Å². The molecule has 164 valence electrons. The molecule has 0 spiro atoms. The van der Waals surface area contributed by atoms with Gasteiger partial charge in [-0.2, -0.15) is 0 Å². The van der Waals surface area contributed by atoms with Crippen molar-refractivity contribution in [3.8, 4) is 0 Å². The molecule has 5 nitrogen and oxygen atoms in total. The van der Waals surface area contributed by atoms with Gasteiger partial charge in [0, 0.05) is 15.7 Å². The number of amides is 1. The lowest BCUT2D eigenvalue weighted by atomic mass is 9.99. The predicted octanol–water partition coefficient (Wildman–Crippen LogP) is 5.20. The fourth-order valence-corrected chi connectivity index (χ4v) is 4.46. The molecule has 0 saturated heterocycles. The maximum absolute atomic E-state index is 12.5. The summed E-state index contributed by atoms with van der Waals surface area (Å²) in [5, 5.41) is 3.03. The highest BCUT2D eigenvalue weighted by Gasteiger charge is 2.18. The number of hydrogen-bond acceptors (Lipinski definition) is 3. The number of hydrogen-bond donors (Lipinski definition) is 1. The van der Waals surface area contributed by atoms with E-state index in [0.29, 0.717) is 23.7 Å². The van der Waals surface area contributed by atoms with Gasteiger partial charge in [-0.25, -0.2) is 8.42 Å². The number of sulfonamides is 1. The minimum atomic E-state index is -3.43. The lowest BCUT2D eigenvalue weighted by Gasteiger charge is -2.22. The van der Waals surface area contributed by atoms with Crippen molar-refractivity contribution in [2.24, 2.45) is 5.92 Å². The molecule has 2 rings (SSSR count). The molecule has 0 unspecified atom stereocenters. The molecule has 0 heterocycles. The van der Waals surface area contributed by atoms with Crippen LogP contribution in [0.1, 0.15) is 55.5 Å². The smallest absolute Gasteiger partial charge is 0.251 e. The van der Waals surface area contributed by atoms with Gasteiger partial charge in [-0.3, -0.25) is 9.10 Å². The number of anilines is 1. The number of benzene rings is 2. The highest BCUT2D eigenvalue weighted by Crippen LogP contribution is 2.22. The molecule has 0 aliphatic carbocycles. The van der Waals surface area contributed by atoms with E-state index in [4.69, 9.17) is 0 Å². The first-order chi connectivity index (χ1) is 14.2. The summed E-state index contributed by atoms with van der Waals surface area (Å²) in [4.78, 5) is 12.5. The van der Waals surface area contributed by atoms with Gasteiger partial charge in [-0.05, 0) is 76.9 Å². The SMILES string of the molecule is CCCC[C@@H](CC)CNC(=O)c1ccc(CN(c2ccc(I)cc2)S(C)(=O)=O)cc1. The van der Waals surface area contributed by atoms with Crippen molar-refractivity contribution in [1.29, 1.82) is 0 Å². The Hall–Kier alpha value is -1.61. The van der Waals surface area contributed by atoms with E-state index in [2.05, 4.69) is 41.8 Å². The van der Waals surface area contributed by atoms with E-state index in [9.17, 15) is 13.2 Å². The molecule has 0 bridgehead atoms. The second-order valence-electron chi connectivity index (χ2n) is 7.57. The van der Waals surface area contributed by atoms with E-state index < -0.39 is 10.0 Å². The summed E-state index contributed by atoms with van der Waals surface area (Å²) >= 11 is 2.19. The highest BCUT2D eigenvalue weighted by molar-refractivity contribution is 14.1. The molecule has 30 heavy (non-hydrogen) atoms. The number of nitrogens with zero attached hydrogens (tertiary/aromatic N) is 1. The average Bonchev–Trinajstić information content (AvgIpc) is 2.72. The van der Waals surface area contributed by atoms with Crippen molar-refractivity contribution in [1.82, 2.24) is 5.32 Å². The van der Waals surface area contributed by atoms with Crippen molar-refractivity contribution in [2.45, 2.75) is 46.1 Å². The minimum Gasteiger partial charge on any atom is -0.352 e. The fourth-order valence-electron chi connectivity index (χ4n) is 3.22. The molecule has 1 N–H and O–H groups in total. The van der Waals surface area contributed by atoms with Gasteiger partial charge >= 0.3 is 0 Å². The molecule has 0 fully saturated rings. The molecular weight excluding hydrogens is 511 g/mol. The summed E-state index contributed by atoms with van der Waals surface area (Å²) < 4.78 is 27.0. The molecule has 0 saturated carbocycles. The first-order valence-electron chi connectivity index (χ1n) is 10.3. The Kier molecular flexibility index (Phi) is 9.61. The van der Waals surface area contributed by atoms with Crippen LogP contribution in [0.15, 0.2) is 48.5 Å². The maximum Gasteiger partial charge on any atom is 0.251 e. The fraction of sp³-hybridized carbons (Fsp3) is 0.435. The van der Waals surface area contributed by atoms with Crippen molar-refractivity contribution in [2.75, 3.05) is 17.1 Å². The Morgan fingerprint density at radius 3 is 2.23 bits per heavy atom. The van der Waals surface area contributed by atoms with Crippen LogP contribution in [0.3, 0.4) is 0 Å². The Bertz CT molecular complexity index is 912. The minimum absolute atomic E-state index is 0.0888. The van der Waals surface area contributed by atoms with E-state index in [1.807, 2.05) is 24.3 Å². The lowest BCUT2D eigenvalue weighted by Crippen LogP contribution is -2.30. The van der Waals surface area contributed by atoms with Gasteiger partial charge in [0.1, 0.15) is 0 Å². The molecule has 0 aliphatic rings. The van der Waals surface area contributed by atoms with E-state index in [0.717, 1.165) is 22.0 Å². The van der Waals surface area contributed by atoms with Gasteiger partial charge in [0.15, 0.2) is 0 Å². The summed E-state index contributed by atoms with van der Waals surface area (Å²) in [6.07, 6.45) is 5.74. The molecule has 2 aromatic rings. The van der Waals surface area contributed by atoms with Crippen LogP contribution in [-0.2, 0) is 16.6 Å². The zero-order chi connectivity index (χ0) is 22.1. The number of nitrogens with one attached hydrogen (secondary N) is 1. The van der Waals surface area contributed by atoms with E-state index in [1.165, 1.54) is 23.4 Å². The monoisotopic (exact) mass is 542 g/mol. The Labute approximate surface area is 194 Å². The molecule has 0 aliphatic heterocycles. The van der Waals surface area contributed by atoms with Crippen LogP contribution < -0.4 is 9.62 Å². The second kappa shape index (κ2) is 11.7. The second-order valence-corrected chi connectivity index (χ2v) is 10.7. The van der Waals surface area contributed by atoms with Gasteiger partial charge in [-0.1, -0.05) is 45.2 Å².